The van der Waals surface area contributed by atoms with Crippen molar-refractivity contribution in [3.8, 4) is 5.75 Å². The van der Waals surface area contributed by atoms with Gasteiger partial charge in [-0.3, -0.25) is 9.59 Å². The Labute approximate surface area is 143 Å². The van der Waals surface area contributed by atoms with Crippen LogP contribution in [0.25, 0.3) is 0 Å². The van der Waals surface area contributed by atoms with E-state index >= 15 is 0 Å². The van der Waals surface area contributed by atoms with Crippen molar-refractivity contribution < 1.29 is 14.3 Å². The number of esters is 1. The van der Waals surface area contributed by atoms with Crippen molar-refractivity contribution in [2.45, 2.75) is 13.3 Å². The van der Waals surface area contributed by atoms with Crippen LogP contribution in [0.4, 0.5) is 5.69 Å². The number of halogens is 1. The molecule has 1 amide bonds. The minimum atomic E-state index is -0.439. The van der Waals surface area contributed by atoms with Gasteiger partial charge in [0.1, 0.15) is 5.75 Å². The highest BCUT2D eigenvalue weighted by atomic mass is 79.9. The Balaban J connectivity index is 1.71. The largest absolute Gasteiger partial charge is 0.426 e. The number of para-hydroxylation sites is 1. The molecule has 118 valence electrons. The maximum atomic E-state index is 12.3. The smallest absolute Gasteiger partial charge is 0.316 e. The Hall–Kier alpha value is -2.14. The fourth-order valence-electron chi connectivity index (χ4n) is 2.67. The number of rotatable bonds is 3. The van der Waals surface area contributed by atoms with Crippen LogP contribution in [-0.4, -0.2) is 18.4 Å². The van der Waals surface area contributed by atoms with Gasteiger partial charge in [0, 0.05) is 23.1 Å². The maximum Gasteiger partial charge on any atom is 0.316 e. The molecule has 1 saturated heterocycles. The van der Waals surface area contributed by atoms with Gasteiger partial charge in [-0.25, -0.2) is 0 Å². The highest BCUT2D eigenvalue weighted by Crippen LogP contribution is 2.28. The number of hydrogen-bond donors (Lipinski definition) is 0. The molecule has 1 heterocycles. The van der Waals surface area contributed by atoms with E-state index < -0.39 is 5.92 Å². The van der Waals surface area contributed by atoms with E-state index in [1.165, 1.54) is 0 Å². The van der Waals surface area contributed by atoms with Gasteiger partial charge in [-0.05, 0) is 42.8 Å². The fourth-order valence-corrected chi connectivity index (χ4v) is 2.93. The van der Waals surface area contributed by atoms with Gasteiger partial charge in [0.2, 0.25) is 5.91 Å². The van der Waals surface area contributed by atoms with Crippen molar-refractivity contribution in [2.24, 2.45) is 5.92 Å². The third-order valence-electron chi connectivity index (χ3n) is 3.90. The van der Waals surface area contributed by atoms with E-state index in [9.17, 15) is 9.59 Å². The molecule has 0 radical (unpaired) electrons. The van der Waals surface area contributed by atoms with E-state index in [2.05, 4.69) is 15.9 Å². The van der Waals surface area contributed by atoms with Gasteiger partial charge >= 0.3 is 5.97 Å². The van der Waals surface area contributed by atoms with E-state index in [0.29, 0.717) is 12.3 Å². The molecule has 4 nitrogen and oxygen atoms in total. The normalized spacial score (nSPS) is 17.4. The number of benzene rings is 2. The van der Waals surface area contributed by atoms with Crippen LogP contribution in [0.2, 0.25) is 0 Å². The Morgan fingerprint density at radius 2 is 1.87 bits per heavy atom. The first kappa shape index (κ1) is 15.7. The number of ether oxygens (including phenoxy) is 1. The van der Waals surface area contributed by atoms with Crippen LogP contribution in [0, 0.1) is 12.8 Å². The molecule has 1 fully saturated rings. The van der Waals surface area contributed by atoms with E-state index in [4.69, 9.17) is 4.74 Å². The molecule has 0 unspecified atom stereocenters. The summed E-state index contributed by atoms with van der Waals surface area (Å²) in [5, 5.41) is 0. The zero-order chi connectivity index (χ0) is 16.4. The molecule has 2 aromatic carbocycles. The van der Waals surface area contributed by atoms with Crippen molar-refractivity contribution in [2.75, 3.05) is 11.4 Å². The number of anilines is 1. The van der Waals surface area contributed by atoms with Gasteiger partial charge in [-0.1, -0.05) is 34.1 Å². The number of carbonyl (C=O) groups is 2. The Bertz CT molecular complexity index is 742. The number of carbonyl (C=O) groups excluding carboxylic acids is 2. The van der Waals surface area contributed by atoms with Crippen molar-refractivity contribution in [3.05, 3.63) is 58.6 Å². The van der Waals surface area contributed by atoms with Gasteiger partial charge in [-0.15, -0.1) is 0 Å². The lowest BCUT2D eigenvalue weighted by molar-refractivity contribution is -0.139. The molecule has 1 atom stereocenters. The second-order valence-corrected chi connectivity index (χ2v) is 6.48. The SMILES string of the molecule is Cc1ccccc1N1C[C@@H](C(=O)Oc2ccc(Br)cc2)CC1=O. The zero-order valence-corrected chi connectivity index (χ0v) is 14.2. The molecule has 0 N–H and O–H groups in total. The summed E-state index contributed by atoms with van der Waals surface area (Å²) in [7, 11) is 0. The molecule has 0 aromatic heterocycles. The molecular formula is C18H16BrNO3. The third-order valence-corrected chi connectivity index (χ3v) is 4.43. The third kappa shape index (κ3) is 3.45. The van der Waals surface area contributed by atoms with Crippen LogP contribution in [0.5, 0.6) is 5.75 Å². The average molecular weight is 374 g/mol. The summed E-state index contributed by atoms with van der Waals surface area (Å²) in [5.74, 6) is -0.362. The number of aryl methyl sites for hydroxylation is 1. The van der Waals surface area contributed by atoms with E-state index in [-0.39, 0.29) is 18.3 Å². The molecular weight excluding hydrogens is 358 g/mol. The first-order chi connectivity index (χ1) is 11.0. The Morgan fingerprint density at radius 1 is 1.17 bits per heavy atom. The van der Waals surface area contributed by atoms with Crippen LogP contribution in [0.15, 0.2) is 53.0 Å². The van der Waals surface area contributed by atoms with Gasteiger partial charge in [0.25, 0.3) is 0 Å². The molecule has 0 spiro atoms. The molecule has 1 aliphatic rings. The topological polar surface area (TPSA) is 46.6 Å². The molecule has 0 bridgehead atoms. The van der Waals surface area contributed by atoms with Crippen LogP contribution in [0.1, 0.15) is 12.0 Å². The quantitative estimate of drug-likeness (QED) is 0.608. The molecule has 0 aliphatic carbocycles. The lowest BCUT2D eigenvalue weighted by Crippen LogP contribution is -2.27. The van der Waals surface area contributed by atoms with Gasteiger partial charge in [0.05, 0.1) is 5.92 Å². The summed E-state index contributed by atoms with van der Waals surface area (Å²) >= 11 is 3.33. The predicted octanol–water partition coefficient (Wildman–Crippen LogP) is 3.72. The van der Waals surface area contributed by atoms with Crippen LogP contribution in [0.3, 0.4) is 0 Å². The molecule has 5 heteroatoms. The minimum Gasteiger partial charge on any atom is -0.426 e. The van der Waals surface area contributed by atoms with Crippen LogP contribution < -0.4 is 9.64 Å². The van der Waals surface area contributed by atoms with Crippen LogP contribution in [-0.2, 0) is 9.59 Å². The standard InChI is InChI=1S/C18H16BrNO3/c1-12-4-2-3-5-16(12)20-11-13(10-17(20)21)18(22)23-15-8-6-14(19)7-9-15/h2-9,13H,10-11H2,1H3/t13-/m0/s1. The van der Waals surface area contributed by atoms with Crippen molar-refractivity contribution in [1.29, 1.82) is 0 Å². The average Bonchev–Trinajstić information content (AvgIpc) is 2.92. The van der Waals surface area contributed by atoms with E-state index in [1.54, 1.807) is 17.0 Å². The van der Waals surface area contributed by atoms with E-state index in [0.717, 1.165) is 15.7 Å². The first-order valence-corrected chi connectivity index (χ1v) is 8.17. The number of hydrogen-bond acceptors (Lipinski definition) is 3. The fraction of sp³-hybridized carbons (Fsp3) is 0.222. The molecule has 3 rings (SSSR count). The molecule has 23 heavy (non-hydrogen) atoms. The second kappa shape index (κ2) is 6.54. The zero-order valence-electron chi connectivity index (χ0n) is 12.7. The summed E-state index contributed by atoms with van der Waals surface area (Å²) in [5.41, 5.74) is 1.87. The van der Waals surface area contributed by atoms with Gasteiger partial charge < -0.3 is 9.64 Å². The Kier molecular flexibility index (Phi) is 4.48. The lowest BCUT2D eigenvalue weighted by atomic mass is 10.1. The molecule has 0 saturated carbocycles. The van der Waals surface area contributed by atoms with Crippen LogP contribution >= 0.6 is 15.9 Å². The summed E-state index contributed by atoms with van der Waals surface area (Å²) in [6, 6.07) is 14.7. The van der Waals surface area contributed by atoms with Crippen molar-refractivity contribution >= 4 is 33.5 Å². The number of amides is 1. The lowest BCUT2D eigenvalue weighted by Gasteiger charge is -2.18. The highest BCUT2D eigenvalue weighted by molar-refractivity contribution is 9.10. The van der Waals surface area contributed by atoms with Crippen molar-refractivity contribution in [3.63, 3.8) is 0 Å². The molecule has 2 aromatic rings. The van der Waals surface area contributed by atoms with E-state index in [1.807, 2.05) is 43.3 Å². The highest BCUT2D eigenvalue weighted by Gasteiger charge is 2.36. The van der Waals surface area contributed by atoms with Crippen molar-refractivity contribution in [1.82, 2.24) is 0 Å². The minimum absolute atomic E-state index is 0.0444. The second-order valence-electron chi connectivity index (χ2n) is 5.57. The summed E-state index contributed by atoms with van der Waals surface area (Å²) in [4.78, 5) is 26.2. The predicted molar refractivity (Wildman–Crippen MR) is 91.4 cm³/mol. The summed E-state index contributed by atoms with van der Waals surface area (Å²) in [6.45, 7) is 2.31. The summed E-state index contributed by atoms with van der Waals surface area (Å²) in [6.07, 6.45) is 0.184. The van der Waals surface area contributed by atoms with Gasteiger partial charge in [0.15, 0.2) is 0 Å². The monoisotopic (exact) mass is 373 g/mol. The Morgan fingerprint density at radius 3 is 2.57 bits per heavy atom. The molecule has 1 aliphatic heterocycles. The first-order valence-electron chi connectivity index (χ1n) is 7.38. The van der Waals surface area contributed by atoms with Gasteiger partial charge in [-0.2, -0.15) is 0 Å². The maximum absolute atomic E-state index is 12.3. The summed E-state index contributed by atoms with van der Waals surface area (Å²) < 4.78 is 6.29. The number of nitrogens with zero attached hydrogens (tertiary/aromatic N) is 1.